The number of hydrogen-bond acceptors (Lipinski definition) is 3. The van der Waals surface area contributed by atoms with E-state index in [0.717, 1.165) is 12.8 Å². The van der Waals surface area contributed by atoms with Crippen molar-refractivity contribution in [1.29, 1.82) is 0 Å². The van der Waals surface area contributed by atoms with Crippen LogP contribution in [0, 0.1) is 0 Å². The number of carbonyl (C=O) groups excluding carboxylic acids is 1. The van der Waals surface area contributed by atoms with E-state index in [4.69, 9.17) is 5.11 Å². The number of carbonyl (C=O) groups is 1. The molecule has 66 valence electrons. The van der Waals surface area contributed by atoms with Crippen molar-refractivity contribution in [3.8, 4) is 0 Å². The Morgan fingerprint density at radius 2 is 2.09 bits per heavy atom. The molecule has 0 aromatic rings. The van der Waals surface area contributed by atoms with Crippen molar-refractivity contribution in [2.24, 2.45) is 0 Å². The molecule has 1 rings (SSSR count). The standard InChI is InChI=1S/C5H10O.C3H6O2/c6-5-3-1-2-4-5;1-2-5-3-4/h5-6H,1-4H2;3H,2H2,1H3. The van der Waals surface area contributed by atoms with Crippen LogP contribution < -0.4 is 0 Å². The second-order valence-electron chi connectivity index (χ2n) is 2.49. The predicted octanol–water partition coefficient (Wildman–Crippen LogP) is 1.10. The Kier molecular flexibility index (Phi) is 7.15. The number of aliphatic hydroxyl groups is 1. The van der Waals surface area contributed by atoms with E-state index in [9.17, 15) is 4.79 Å². The third-order valence-electron chi connectivity index (χ3n) is 1.56. The molecule has 0 heterocycles. The van der Waals surface area contributed by atoms with E-state index >= 15 is 0 Å². The predicted molar refractivity (Wildman–Crippen MR) is 42.2 cm³/mol. The van der Waals surface area contributed by atoms with Gasteiger partial charge in [-0.3, -0.25) is 4.79 Å². The summed E-state index contributed by atoms with van der Waals surface area (Å²) in [6, 6.07) is 0. The van der Waals surface area contributed by atoms with Crippen LogP contribution in [-0.4, -0.2) is 24.3 Å². The fourth-order valence-electron chi connectivity index (χ4n) is 0.972. The van der Waals surface area contributed by atoms with E-state index in [-0.39, 0.29) is 6.10 Å². The molecule has 0 aromatic carbocycles. The Hall–Kier alpha value is -0.570. The normalized spacial score (nSPS) is 16.9. The Morgan fingerprint density at radius 1 is 1.55 bits per heavy atom. The van der Waals surface area contributed by atoms with Crippen LogP contribution in [-0.2, 0) is 9.53 Å². The molecule has 0 aromatic heterocycles. The van der Waals surface area contributed by atoms with E-state index in [1.165, 1.54) is 12.8 Å². The lowest BCUT2D eigenvalue weighted by Crippen LogP contribution is -1.94. The number of hydrogen-bond donors (Lipinski definition) is 1. The molecule has 1 saturated carbocycles. The molecule has 1 N–H and O–H groups in total. The van der Waals surface area contributed by atoms with Gasteiger partial charge in [0.05, 0.1) is 12.7 Å². The van der Waals surface area contributed by atoms with Crippen LogP contribution in [0.25, 0.3) is 0 Å². The summed E-state index contributed by atoms with van der Waals surface area (Å²) in [4.78, 5) is 9.18. The number of aliphatic hydroxyl groups excluding tert-OH is 1. The summed E-state index contributed by atoms with van der Waals surface area (Å²) in [5, 5.41) is 8.73. The van der Waals surface area contributed by atoms with Gasteiger partial charge in [-0.1, -0.05) is 12.8 Å². The van der Waals surface area contributed by atoms with Crippen LogP contribution in [0.1, 0.15) is 32.6 Å². The molecule has 3 nitrogen and oxygen atoms in total. The highest BCUT2D eigenvalue weighted by atomic mass is 16.5. The van der Waals surface area contributed by atoms with Crippen molar-refractivity contribution < 1.29 is 14.6 Å². The Labute approximate surface area is 67.4 Å². The topological polar surface area (TPSA) is 46.5 Å². The molecule has 0 saturated heterocycles. The molecule has 0 atom stereocenters. The van der Waals surface area contributed by atoms with E-state index in [0.29, 0.717) is 13.1 Å². The van der Waals surface area contributed by atoms with Gasteiger partial charge in [0, 0.05) is 0 Å². The maximum atomic E-state index is 9.18. The minimum Gasteiger partial charge on any atom is -0.468 e. The fourth-order valence-corrected chi connectivity index (χ4v) is 0.972. The lowest BCUT2D eigenvalue weighted by atomic mass is 10.3. The quantitative estimate of drug-likeness (QED) is 0.615. The zero-order valence-electron chi connectivity index (χ0n) is 6.95. The molecular weight excluding hydrogens is 144 g/mol. The molecule has 0 unspecified atom stereocenters. The summed E-state index contributed by atoms with van der Waals surface area (Å²) in [6.07, 6.45) is 4.60. The van der Waals surface area contributed by atoms with Crippen LogP contribution in [0.4, 0.5) is 0 Å². The molecule has 3 heteroatoms. The van der Waals surface area contributed by atoms with Gasteiger partial charge in [0.1, 0.15) is 0 Å². The van der Waals surface area contributed by atoms with Gasteiger partial charge >= 0.3 is 0 Å². The van der Waals surface area contributed by atoms with Crippen LogP contribution in [0.15, 0.2) is 0 Å². The maximum absolute atomic E-state index is 9.18. The third-order valence-corrected chi connectivity index (χ3v) is 1.56. The lowest BCUT2D eigenvalue weighted by molar-refractivity contribution is -0.128. The summed E-state index contributed by atoms with van der Waals surface area (Å²) < 4.78 is 4.15. The summed E-state index contributed by atoms with van der Waals surface area (Å²) >= 11 is 0. The molecular formula is C8H16O3. The first-order chi connectivity index (χ1) is 5.31. The Balaban J connectivity index is 0.000000187. The highest BCUT2D eigenvalue weighted by Gasteiger charge is 2.09. The highest BCUT2D eigenvalue weighted by Crippen LogP contribution is 2.16. The molecule has 1 fully saturated rings. The molecule has 1 aliphatic carbocycles. The average molecular weight is 160 g/mol. The summed E-state index contributed by atoms with van der Waals surface area (Å²) in [5.74, 6) is 0. The van der Waals surface area contributed by atoms with Crippen LogP contribution in [0.2, 0.25) is 0 Å². The summed E-state index contributed by atoms with van der Waals surface area (Å²) in [6.45, 7) is 2.66. The fraction of sp³-hybridized carbons (Fsp3) is 0.875. The van der Waals surface area contributed by atoms with Crippen LogP contribution >= 0.6 is 0 Å². The van der Waals surface area contributed by atoms with E-state index < -0.39 is 0 Å². The van der Waals surface area contributed by atoms with Crippen molar-refractivity contribution in [2.75, 3.05) is 6.61 Å². The van der Waals surface area contributed by atoms with E-state index in [1.54, 1.807) is 6.92 Å². The van der Waals surface area contributed by atoms with Crippen molar-refractivity contribution >= 4 is 6.47 Å². The van der Waals surface area contributed by atoms with Crippen molar-refractivity contribution in [3.05, 3.63) is 0 Å². The first kappa shape index (κ1) is 10.4. The van der Waals surface area contributed by atoms with Crippen molar-refractivity contribution in [3.63, 3.8) is 0 Å². The minimum atomic E-state index is 0.0463. The maximum Gasteiger partial charge on any atom is 0.293 e. The molecule has 0 amide bonds. The van der Waals surface area contributed by atoms with Gasteiger partial charge < -0.3 is 9.84 Å². The van der Waals surface area contributed by atoms with Gasteiger partial charge in [0.25, 0.3) is 6.47 Å². The molecule has 0 spiro atoms. The molecule has 1 aliphatic rings. The monoisotopic (exact) mass is 160 g/mol. The summed E-state index contributed by atoms with van der Waals surface area (Å²) in [5.41, 5.74) is 0. The third kappa shape index (κ3) is 7.33. The second-order valence-corrected chi connectivity index (χ2v) is 2.49. The second kappa shape index (κ2) is 7.54. The first-order valence-electron chi connectivity index (χ1n) is 4.04. The zero-order chi connectivity index (χ0) is 8.53. The van der Waals surface area contributed by atoms with Gasteiger partial charge in [-0.15, -0.1) is 0 Å². The van der Waals surface area contributed by atoms with Gasteiger partial charge in [-0.25, -0.2) is 0 Å². The Morgan fingerprint density at radius 3 is 2.18 bits per heavy atom. The van der Waals surface area contributed by atoms with Gasteiger partial charge in [0.2, 0.25) is 0 Å². The van der Waals surface area contributed by atoms with Crippen molar-refractivity contribution in [2.45, 2.75) is 38.7 Å². The molecule has 11 heavy (non-hydrogen) atoms. The molecule has 0 aliphatic heterocycles. The van der Waals surface area contributed by atoms with Gasteiger partial charge in [-0.05, 0) is 19.8 Å². The number of ether oxygens (including phenoxy) is 1. The lowest BCUT2D eigenvalue weighted by Gasteiger charge is -1.91. The minimum absolute atomic E-state index is 0.0463. The highest BCUT2D eigenvalue weighted by molar-refractivity contribution is 5.36. The van der Waals surface area contributed by atoms with Gasteiger partial charge in [-0.2, -0.15) is 0 Å². The largest absolute Gasteiger partial charge is 0.468 e. The zero-order valence-corrected chi connectivity index (χ0v) is 6.95. The summed E-state index contributed by atoms with van der Waals surface area (Å²) in [7, 11) is 0. The van der Waals surface area contributed by atoms with E-state index in [2.05, 4.69) is 4.74 Å². The molecule has 0 bridgehead atoms. The van der Waals surface area contributed by atoms with Gasteiger partial charge in [0.15, 0.2) is 0 Å². The van der Waals surface area contributed by atoms with E-state index in [1.807, 2.05) is 0 Å². The molecule has 0 radical (unpaired) electrons. The number of rotatable bonds is 2. The van der Waals surface area contributed by atoms with Crippen molar-refractivity contribution in [1.82, 2.24) is 0 Å². The van der Waals surface area contributed by atoms with Crippen LogP contribution in [0.3, 0.4) is 0 Å². The smallest absolute Gasteiger partial charge is 0.293 e. The Bertz CT molecular complexity index is 87.3. The first-order valence-corrected chi connectivity index (χ1v) is 4.04. The van der Waals surface area contributed by atoms with Crippen LogP contribution in [0.5, 0.6) is 0 Å². The SMILES string of the molecule is CCOC=O.OC1CCCC1. The average Bonchev–Trinajstić information content (AvgIpc) is 2.43.